The zero-order valence-corrected chi connectivity index (χ0v) is 15.0. The standard InChI is InChI=1S/C13H18Cl2N4O.2ClH/c14-9-7-10(15)11(19-8-9)17-5-6-18-12(20)13(16)3-1-2-4-13;;/h7-8H,1-6,16H2,(H,17,19)(H,18,20);2*1H. The molecule has 2 rings (SSSR count). The van der Waals surface area contributed by atoms with Crippen LogP contribution in [0, 0.1) is 0 Å². The highest BCUT2D eigenvalue weighted by molar-refractivity contribution is 6.35. The summed E-state index contributed by atoms with van der Waals surface area (Å²) in [6, 6.07) is 1.62. The molecule has 0 bridgehead atoms. The first-order valence-corrected chi connectivity index (χ1v) is 7.39. The molecular formula is C13H20Cl4N4O. The van der Waals surface area contributed by atoms with E-state index in [1.807, 2.05) is 0 Å². The number of aromatic nitrogens is 1. The molecule has 1 aliphatic rings. The van der Waals surface area contributed by atoms with Crippen LogP contribution in [0.15, 0.2) is 12.3 Å². The Morgan fingerprint density at radius 2 is 1.91 bits per heavy atom. The molecule has 1 aromatic heterocycles. The van der Waals surface area contributed by atoms with Gasteiger partial charge in [-0.25, -0.2) is 4.98 Å². The molecule has 1 fully saturated rings. The number of nitrogens with two attached hydrogens (primary N) is 1. The number of hydrogen-bond donors (Lipinski definition) is 3. The van der Waals surface area contributed by atoms with Gasteiger partial charge in [-0.15, -0.1) is 24.8 Å². The quantitative estimate of drug-likeness (QED) is 0.676. The maximum absolute atomic E-state index is 12.0. The maximum atomic E-state index is 12.0. The Bertz CT molecular complexity index is 495. The van der Waals surface area contributed by atoms with Gasteiger partial charge in [-0.1, -0.05) is 36.0 Å². The average Bonchev–Trinajstić information content (AvgIpc) is 2.85. The van der Waals surface area contributed by atoms with E-state index in [2.05, 4.69) is 15.6 Å². The lowest BCUT2D eigenvalue weighted by atomic mass is 9.98. The van der Waals surface area contributed by atoms with E-state index in [0.29, 0.717) is 29.0 Å². The van der Waals surface area contributed by atoms with Crippen molar-refractivity contribution in [3.63, 3.8) is 0 Å². The molecule has 0 aromatic carbocycles. The van der Waals surface area contributed by atoms with Gasteiger partial charge in [0.2, 0.25) is 5.91 Å². The van der Waals surface area contributed by atoms with Gasteiger partial charge in [0.05, 0.1) is 15.6 Å². The second-order valence-corrected chi connectivity index (χ2v) is 5.87. The number of nitrogens with zero attached hydrogens (tertiary/aromatic N) is 1. The molecule has 1 saturated carbocycles. The molecule has 1 amide bonds. The van der Waals surface area contributed by atoms with Crippen molar-refractivity contribution in [1.29, 1.82) is 0 Å². The van der Waals surface area contributed by atoms with E-state index in [-0.39, 0.29) is 30.7 Å². The fourth-order valence-corrected chi connectivity index (χ4v) is 2.76. The second kappa shape index (κ2) is 9.63. The van der Waals surface area contributed by atoms with Crippen LogP contribution < -0.4 is 16.4 Å². The Kier molecular flexibility index (Phi) is 9.43. The molecule has 0 radical (unpaired) electrons. The van der Waals surface area contributed by atoms with Crippen LogP contribution in [0.5, 0.6) is 0 Å². The minimum absolute atomic E-state index is 0. The third-order valence-corrected chi connectivity index (χ3v) is 3.95. The van der Waals surface area contributed by atoms with Gasteiger partial charge in [0.1, 0.15) is 5.82 Å². The zero-order valence-electron chi connectivity index (χ0n) is 11.9. The summed E-state index contributed by atoms with van der Waals surface area (Å²) in [4.78, 5) is 16.0. The molecule has 0 saturated heterocycles. The Morgan fingerprint density at radius 1 is 1.27 bits per heavy atom. The predicted molar refractivity (Wildman–Crippen MR) is 95.6 cm³/mol. The molecule has 1 heterocycles. The summed E-state index contributed by atoms with van der Waals surface area (Å²) < 4.78 is 0. The Hall–Kier alpha value is -0.460. The highest BCUT2D eigenvalue weighted by Gasteiger charge is 2.36. The van der Waals surface area contributed by atoms with Crippen molar-refractivity contribution >= 4 is 59.7 Å². The van der Waals surface area contributed by atoms with E-state index in [0.717, 1.165) is 25.7 Å². The van der Waals surface area contributed by atoms with Crippen molar-refractivity contribution in [3.8, 4) is 0 Å². The first-order chi connectivity index (χ1) is 9.51. The van der Waals surface area contributed by atoms with Gasteiger partial charge in [0, 0.05) is 19.3 Å². The zero-order chi connectivity index (χ0) is 14.6. The molecule has 0 unspecified atom stereocenters. The lowest BCUT2D eigenvalue weighted by Crippen LogP contribution is -2.52. The second-order valence-electron chi connectivity index (χ2n) is 5.03. The Labute approximate surface area is 152 Å². The molecule has 0 aliphatic heterocycles. The lowest BCUT2D eigenvalue weighted by molar-refractivity contribution is -0.126. The smallest absolute Gasteiger partial charge is 0.240 e. The van der Waals surface area contributed by atoms with Crippen molar-refractivity contribution in [1.82, 2.24) is 10.3 Å². The maximum Gasteiger partial charge on any atom is 0.240 e. The summed E-state index contributed by atoms with van der Waals surface area (Å²) in [5.74, 6) is 0.473. The van der Waals surface area contributed by atoms with E-state index in [9.17, 15) is 4.79 Å². The van der Waals surface area contributed by atoms with Crippen molar-refractivity contribution in [2.75, 3.05) is 18.4 Å². The molecule has 9 heteroatoms. The van der Waals surface area contributed by atoms with Crippen LogP contribution in [0.3, 0.4) is 0 Å². The SMILES string of the molecule is Cl.Cl.NC1(C(=O)NCCNc2ncc(Cl)cc2Cl)CCCC1. The monoisotopic (exact) mass is 388 g/mol. The topological polar surface area (TPSA) is 80.0 Å². The van der Waals surface area contributed by atoms with Crippen molar-refractivity contribution in [2.24, 2.45) is 5.73 Å². The fraction of sp³-hybridized carbons (Fsp3) is 0.538. The van der Waals surface area contributed by atoms with Crippen LogP contribution in [-0.4, -0.2) is 29.5 Å². The van der Waals surface area contributed by atoms with Crippen LogP contribution in [-0.2, 0) is 4.79 Å². The summed E-state index contributed by atoms with van der Waals surface area (Å²) in [6.07, 6.45) is 5.08. The number of halogens is 4. The number of carbonyl (C=O) groups excluding carboxylic acids is 1. The van der Waals surface area contributed by atoms with E-state index >= 15 is 0 Å². The first-order valence-electron chi connectivity index (χ1n) is 6.63. The van der Waals surface area contributed by atoms with Crippen LogP contribution in [0.1, 0.15) is 25.7 Å². The minimum atomic E-state index is -0.684. The van der Waals surface area contributed by atoms with Gasteiger partial charge < -0.3 is 16.4 Å². The lowest BCUT2D eigenvalue weighted by Gasteiger charge is -2.22. The van der Waals surface area contributed by atoms with Crippen molar-refractivity contribution in [3.05, 3.63) is 22.3 Å². The summed E-state index contributed by atoms with van der Waals surface area (Å²) in [6.45, 7) is 0.995. The highest BCUT2D eigenvalue weighted by atomic mass is 35.5. The number of carbonyl (C=O) groups is 1. The van der Waals surface area contributed by atoms with Gasteiger partial charge in [0.15, 0.2) is 0 Å². The fourth-order valence-electron chi connectivity index (χ4n) is 2.31. The van der Waals surface area contributed by atoms with Crippen LogP contribution in [0.2, 0.25) is 10.0 Å². The molecule has 4 N–H and O–H groups in total. The number of rotatable bonds is 5. The molecule has 22 heavy (non-hydrogen) atoms. The van der Waals surface area contributed by atoms with Crippen LogP contribution in [0.4, 0.5) is 5.82 Å². The molecule has 1 aromatic rings. The van der Waals surface area contributed by atoms with E-state index in [1.165, 1.54) is 6.20 Å². The average molecular weight is 390 g/mol. The van der Waals surface area contributed by atoms with Gasteiger partial charge in [0.25, 0.3) is 0 Å². The van der Waals surface area contributed by atoms with Gasteiger partial charge >= 0.3 is 0 Å². The molecule has 5 nitrogen and oxygen atoms in total. The number of nitrogens with one attached hydrogen (secondary N) is 2. The van der Waals surface area contributed by atoms with E-state index in [4.69, 9.17) is 28.9 Å². The predicted octanol–water partition coefficient (Wildman–Crippen LogP) is 3.03. The number of anilines is 1. The van der Waals surface area contributed by atoms with Crippen LogP contribution >= 0.6 is 48.0 Å². The van der Waals surface area contributed by atoms with Crippen LogP contribution in [0.25, 0.3) is 0 Å². The summed E-state index contributed by atoms with van der Waals surface area (Å²) in [7, 11) is 0. The normalized spacial score (nSPS) is 15.4. The van der Waals surface area contributed by atoms with Gasteiger partial charge in [-0.05, 0) is 18.9 Å². The van der Waals surface area contributed by atoms with Crippen molar-refractivity contribution < 1.29 is 4.79 Å². The first kappa shape index (κ1) is 21.5. The number of amides is 1. The highest BCUT2D eigenvalue weighted by Crippen LogP contribution is 2.27. The van der Waals surface area contributed by atoms with E-state index in [1.54, 1.807) is 6.07 Å². The van der Waals surface area contributed by atoms with Gasteiger partial charge in [-0.2, -0.15) is 0 Å². The van der Waals surface area contributed by atoms with Crippen molar-refractivity contribution in [2.45, 2.75) is 31.2 Å². The summed E-state index contributed by atoms with van der Waals surface area (Å²) in [5.41, 5.74) is 5.37. The van der Waals surface area contributed by atoms with E-state index < -0.39 is 5.54 Å². The molecule has 0 atom stereocenters. The third kappa shape index (κ3) is 5.63. The molecule has 1 aliphatic carbocycles. The third-order valence-electron chi connectivity index (χ3n) is 3.46. The molecule has 126 valence electrons. The minimum Gasteiger partial charge on any atom is -0.367 e. The summed E-state index contributed by atoms with van der Waals surface area (Å²) >= 11 is 11.7. The molecular weight excluding hydrogens is 370 g/mol. The van der Waals surface area contributed by atoms with Gasteiger partial charge in [-0.3, -0.25) is 4.79 Å². The number of hydrogen-bond acceptors (Lipinski definition) is 4. The largest absolute Gasteiger partial charge is 0.367 e. The Morgan fingerprint density at radius 3 is 2.50 bits per heavy atom. The summed E-state index contributed by atoms with van der Waals surface area (Å²) in [5, 5.41) is 6.82. The molecule has 0 spiro atoms. The Balaban J connectivity index is 0.00000220. The number of pyridine rings is 1.